The van der Waals surface area contributed by atoms with Gasteiger partial charge in [-0.25, -0.2) is 13.2 Å². The van der Waals surface area contributed by atoms with Crippen molar-refractivity contribution in [3.05, 3.63) is 88.7 Å². The quantitative estimate of drug-likeness (QED) is 0.343. The summed E-state index contributed by atoms with van der Waals surface area (Å²) in [5.41, 5.74) is 3.16. The Morgan fingerprint density at radius 1 is 1.11 bits per heavy atom. The van der Waals surface area contributed by atoms with Crippen LogP contribution in [0.15, 0.2) is 60.7 Å². The number of phenols is 1. The van der Waals surface area contributed by atoms with Crippen molar-refractivity contribution in [2.45, 2.75) is 58.2 Å². The van der Waals surface area contributed by atoms with E-state index in [4.69, 9.17) is 9.47 Å². The molecule has 1 fully saturated rings. The second-order valence-electron chi connectivity index (χ2n) is 10.2. The number of benzene rings is 3. The van der Waals surface area contributed by atoms with E-state index in [-0.39, 0.29) is 11.3 Å². The zero-order valence-electron chi connectivity index (χ0n) is 21.8. The van der Waals surface area contributed by atoms with Gasteiger partial charge in [0.25, 0.3) is 6.43 Å². The lowest BCUT2D eigenvalue weighted by molar-refractivity contribution is 0.141. The molecule has 0 aromatic heterocycles. The maximum atomic E-state index is 14.2. The van der Waals surface area contributed by atoms with Crippen LogP contribution in [0.2, 0.25) is 0 Å². The Hall–Kier alpha value is -3.45. The molecule has 2 aliphatic heterocycles. The van der Waals surface area contributed by atoms with E-state index in [9.17, 15) is 18.3 Å². The van der Waals surface area contributed by atoms with Crippen LogP contribution < -0.4 is 9.47 Å². The molecule has 0 bridgehead atoms. The first-order chi connectivity index (χ1) is 18.2. The molecule has 3 atom stereocenters. The summed E-state index contributed by atoms with van der Waals surface area (Å²) >= 11 is 0. The summed E-state index contributed by atoms with van der Waals surface area (Å²) in [7, 11) is 0. The predicted molar refractivity (Wildman–Crippen MR) is 142 cm³/mol. The molecule has 38 heavy (non-hydrogen) atoms. The molecule has 1 saturated heterocycles. The zero-order valence-corrected chi connectivity index (χ0v) is 21.8. The van der Waals surface area contributed by atoms with E-state index in [2.05, 4.69) is 18.7 Å². The van der Waals surface area contributed by atoms with Crippen molar-refractivity contribution in [1.29, 1.82) is 0 Å². The zero-order chi connectivity index (χ0) is 27.0. The summed E-state index contributed by atoms with van der Waals surface area (Å²) in [5, 5.41) is 9.98. The number of halogens is 3. The van der Waals surface area contributed by atoms with Crippen LogP contribution in [0.25, 0.3) is 11.1 Å². The molecule has 1 N–H and O–H groups in total. The highest BCUT2D eigenvalue weighted by Crippen LogP contribution is 2.48. The van der Waals surface area contributed by atoms with Crippen LogP contribution in [-0.4, -0.2) is 35.2 Å². The van der Waals surface area contributed by atoms with E-state index in [0.29, 0.717) is 41.0 Å². The number of likely N-dealkylation sites (tertiary alicyclic amines) is 1. The van der Waals surface area contributed by atoms with Crippen molar-refractivity contribution in [2.75, 3.05) is 13.2 Å². The normalized spacial score (nSPS) is 20.4. The van der Waals surface area contributed by atoms with Crippen LogP contribution in [0.3, 0.4) is 0 Å². The second kappa shape index (κ2) is 10.7. The van der Waals surface area contributed by atoms with Crippen molar-refractivity contribution < 1.29 is 27.8 Å². The van der Waals surface area contributed by atoms with Gasteiger partial charge in [0.1, 0.15) is 24.2 Å². The van der Waals surface area contributed by atoms with Gasteiger partial charge < -0.3 is 14.6 Å². The van der Waals surface area contributed by atoms with Crippen molar-refractivity contribution >= 4 is 11.1 Å². The van der Waals surface area contributed by atoms with Crippen LogP contribution in [0, 0.1) is 5.82 Å². The van der Waals surface area contributed by atoms with Gasteiger partial charge in [-0.1, -0.05) is 30.3 Å². The molecule has 1 unspecified atom stereocenters. The molecule has 0 amide bonds. The third kappa shape index (κ3) is 5.12. The number of hydrogen-bond acceptors (Lipinski definition) is 4. The highest BCUT2D eigenvalue weighted by atomic mass is 19.3. The van der Waals surface area contributed by atoms with Crippen molar-refractivity contribution in [1.82, 2.24) is 4.90 Å². The van der Waals surface area contributed by atoms with E-state index >= 15 is 0 Å². The Morgan fingerprint density at radius 2 is 1.87 bits per heavy atom. The van der Waals surface area contributed by atoms with E-state index in [1.165, 1.54) is 31.0 Å². The topological polar surface area (TPSA) is 41.9 Å². The lowest BCUT2D eigenvalue weighted by Crippen LogP contribution is -2.39. The average molecular weight is 524 g/mol. The smallest absolute Gasteiger partial charge is 0.263 e. The average Bonchev–Trinajstić information content (AvgIpc) is 3.34. The van der Waals surface area contributed by atoms with Crippen LogP contribution in [-0.2, 0) is 0 Å². The Balaban J connectivity index is 1.46. The molecule has 3 aromatic carbocycles. The summed E-state index contributed by atoms with van der Waals surface area (Å²) < 4.78 is 53.6. The standard InChI is InChI=1S/C31H32F3NO3/c1-18-6-5-13-35(18)19(2)17-37-24-11-9-21(10-12-24)30-29(22-7-4-8-23(14-22)31(33)34)20(3)25-15-27(36)26(32)16-28(25)38-30/h4,7-12,14-16,18-19,30-31,36H,5-6,13,17H2,1-3H3/t18-,19+,30?/m1/s1. The largest absolute Gasteiger partial charge is 0.505 e. The highest BCUT2D eigenvalue weighted by Gasteiger charge is 2.31. The molecule has 5 rings (SSSR count). The number of alkyl halides is 2. The fourth-order valence-electron chi connectivity index (χ4n) is 5.57. The minimum atomic E-state index is -2.62. The molecular formula is C31H32F3NO3. The fourth-order valence-corrected chi connectivity index (χ4v) is 5.57. The molecule has 0 radical (unpaired) electrons. The highest BCUT2D eigenvalue weighted by molar-refractivity contribution is 5.95. The maximum Gasteiger partial charge on any atom is 0.263 e. The van der Waals surface area contributed by atoms with Gasteiger partial charge in [0.2, 0.25) is 0 Å². The molecule has 3 aromatic rings. The summed E-state index contributed by atoms with van der Waals surface area (Å²) in [6.07, 6.45) is -0.865. The molecule has 200 valence electrons. The van der Waals surface area contributed by atoms with Crippen molar-refractivity contribution in [2.24, 2.45) is 0 Å². The third-order valence-electron chi connectivity index (χ3n) is 7.66. The van der Waals surface area contributed by atoms with Gasteiger partial charge in [0.15, 0.2) is 11.6 Å². The van der Waals surface area contributed by atoms with Gasteiger partial charge in [-0.2, -0.15) is 0 Å². The van der Waals surface area contributed by atoms with Gasteiger partial charge in [-0.15, -0.1) is 0 Å². The number of ether oxygens (including phenoxy) is 2. The Kier molecular flexibility index (Phi) is 7.39. The predicted octanol–water partition coefficient (Wildman–Crippen LogP) is 7.78. The monoisotopic (exact) mass is 523 g/mol. The molecule has 7 heteroatoms. The Morgan fingerprint density at radius 3 is 2.55 bits per heavy atom. The molecule has 2 heterocycles. The van der Waals surface area contributed by atoms with Crippen LogP contribution >= 0.6 is 0 Å². The number of rotatable bonds is 7. The lowest BCUT2D eigenvalue weighted by Gasteiger charge is -2.31. The van der Waals surface area contributed by atoms with Gasteiger partial charge in [0.05, 0.1) is 0 Å². The summed E-state index contributed by atoms with van der Waals surface area (Å²) in [6.45, 7) is 7.91. The fraction of sp³-hybridized carbons (Fsp3) is 0.355. The van der Waals surface area contributed by atoms with Crippen molar-refractivity contribution in [3.8, 4) is 17.2 Å². The van der Waals surface area contributed by atoms with Crippen molar-refractivity contribution in [3.63, 3.8) is 0 Å². The van der Waals surface area contributed by atoms with Gasteiger partial charge in [-0.3, -0.25) is 4.90 Å². The molecule has 2 aliphatic rings. The van der Waals surface area contributed by atoms with Gasteiger partial charge >= 0.3 is 0 Å². The number of aromatic hydroxyl groups is 1. The number of fused-ring (bicyclic) bond motifs is 1. The van der Waals surface area contributed by atoms with Crippen LogP contribution in [0.4, 0.5) is 13.2 Å². The number of nitrogens with zero attached hydrogens (tertiary/aromatic N) is 1. The Bertz CT molecular complexity index is 1340. The summed E-state index contributed by atoms with van der Waals surface area (Å²) in [5.74, 6) is -0.277. The van der Waals surface area contributed by atoms with Gasteiger partial charge in [-0.05, 0) is 81.1 Å². The second-order valence-corrected chi connectivity index (χ2v) is 10.2. The minimum Gasteiger partial charge on any atom is -0.505 e. The number of allylic oxidation sites excluding steroid dienone is 1. The maximum absolute atomic E-state index is 14.2. The SMILES string of the molecule is CC1=C(c2cccc(C(F)F)c2)C(c2ccc(OC[C@H](C)N3CCC[C@H]3C)cc2)Oc2cc(F)c(O)cc21. The third-order valence-corrected chi connectivity index (χ3v) is 7.66. The van der Waals surface area contributed by atoms with E-state index < -0.39 is 24.1 Å². The lowest BCUT2D eigenvalue weighted by atomic mass is 9.85. The Labute approximate surface area is 221 Å². The van der Waals surface area contributed by atoms with E-state index in [1.54, 1.807) is 12.1 Å². The number of hydrogen-bond donors (Lipinski definition) is 1. The van der Waals surface area contributed by atoms with E-state index in [0.717, 1.165) is 23.9 Å². The first kappa shape index (κ1) is 26.2. The number of phenolic OH excluding ortho intramolecular Hbond substituents is 1. The van der Waals surface area contributed by atoms with Crippen LogP contribution in [0.1, 0.15) is 68.4 Å². The minimum absolute atomic E-state index is 0.0977. The first-order valence-corrected chi connectivity index (χ1v) is 13.0. The van der Waals surface area contributed by atoms with E-state index in [1.807, 2.05) is 31.2 Å². The molecule has 0 spiro atoms. The summed E-state index contributed by atoms with van der Waals surface area (Å²) in [6, 6.07) is 17.0. The van der Waals surface area contributed by atoms with Crippen LogP contribution in [0.5, 0.6) is 17.2 Å². The first-order valence-electron chi connectivity index (χ1n) is 13.0. The van der Waals surface area contributed by atoms with Gasteiger partial charge in [0, 0.05) is 34.9 Å². The summed E-state index contributed by atoms with van der Waals surface area (Å²) in [4.78, 5) is 2.46. The molecule has 4 nitrogen and oxygen atoms in total. The molecule has 0 aliphatic carbocycles. The molecule has 0 saturated carbocycles. The molecular weight excluding hydrogens is 491 g/mol.